The van der Waals surface area contributed by atoms with Crippen LogP contribution in [0.1, 0.15) is 17.5 Å². The van der Waals surface area contributed by atoms with E-state index in [0.717, 1.165) is 6.54 Å². The summed E-state index contributed by atoms with van der Waals surface area (Å²) in [5, 5.41) is 3.29. The molecule has 0 spiro atoms. The lowest BCUT2D eigenvalue weighted by molar-refractivity contribution is 0.912. The Bertz CT molecular complexity index is 296. The topological polar surface area (TPSA) is 12.0 Å². The van der Waals surface area contributed by atoms with Gasteiger partial charge in [0.15, 0.2) is 0 Å². The van der Waals surface area contributed by atoms with Gasteiger partial charge >= 0.3 is 0 Å². The second-order valence-corrected chi connectivity index (χ2v) is 3.83. The molecule has 1 aliphatic rings. The highest BCUT2D eigenvalue weighted by atomic mass is 35.5. The van der Waals surface area contributed by atoms with E-state index >= 15 is 0 Å². The van der Waals surface area contributed by atoms with Crippen molar-refractivity contribution in [3.05, 3.63) is 29.3 Å². The summed E-state index contributed by atoms with van der Waals surface area (Å²) in [6, 6.07) is 6.64. The summed E-state index contributed by atoms with van der Waals surface area (Å²) in [4.78, 5) is 0. The van der Waals surface area contributed by atoms with Crippen LogP contribution in [0.2, 0.25) is 0 Å². The van der Waals surface area contributed by atoms with Crippen LogP contribution in [0.3, 0.4) is 0 Å². The fraction of sp³-hybridized carbons (Fsp3) is 0.455. The summed E-state index contributed by atoms with van der Waals surface area (Å²) in [6.07, 6.45) is 3.81. The van der Waals surface area contributed by atoms with Gasteiger partial charge in [0.2, 0.25) is 0 Å². The van der Waals surface area contributed by atoms with Crippen LogP contribution in [0.4, 0.5) is 5.69 Å². The molecule has 70 valence electrons. The number of anilines is 1. The standard InChI is InChI=1S/C11H14ClN/c12-6-7-13-11-5-4-9-2-1-3-10(9)8-11/h4-5,8,13H,1-3,6-7H2. The van der Waals surface area contributed by atoms with Gasteiger partial charge in [-0.3, -0.25) is 0 Å². The van der Waals surface area contributed by atoms with Crippen molar-refractivity contribution < 1.29 is 0 Å². The third kappa shape index (κ3) is 1.97. The SMILES string of the molecule is ClCCNc1ccc2c(c1)CCC2. The third-order valence-corrected chi connectivity index (χ3v) is 2.71. The van der Waals surface area contributed by atoms with Gasteiger partial charge in [0, 0.05) is 18.1 Å². The molecule has 0 saturated heterocycles. The Kier molecular flexibility index (Phi) is 2.74. The lowest BCUT2D eigenvalue weighted by Gasteiger charge is -2.06. The van der Waals surface area contributed by atoms with Gasteiger partial charge in [-0.2, -0.15) is 0 Å². The molecule has 0 bridgehead atoms. The predicted molar refractivity (Wildman–Crippen MR) is 57.7 cm³/mol. The maximum Gasteiger partial charge on any atom is 0.0396 e. The molecule has 1 aliphatic carbocycles. The summed E-state index contributed by atoms with van der Waals surface area (Å²) in [6.45, 7) is 0.848. The van der Waals surface area contributed by atoms with Gasteiger partial charge in [-0.1, -0.05) is 6.07 Å². The Hall–Kier alpha value is -0.690. The van der Waals surface area contributed by atoms with Gasteiger partial charge in [0.25, 0.3) is 0 Å². The van der Waals surface area contributed by atoms with E-state index in [9.17, 15) is 0 Å². The minimum absolute atomic E-state index is 0.664. The van der Waals surface area contributed by atoms with Crippen molar-refractivity contribution >= 4 is 17.3 Å². The molecule has 2 heteroatoms. The van der Waals surface area contributed by atoms with Crippen LogP contribution in [0.25, 0.3) is 0 Å². The zero-order valence-electron chi connectivity index (χ0n) is 7.65. The molecule has 0 atom stereocenters. The second kappa shape index (κ2) is 4.01. The first-order chi connectivity index (χ1) is 6.40. The number of alkyl halides is 1. The Morgan fingerprint density at radius 3 is 2.92 bits per heavy atom. The van der Waals surface area contributed by atoms with Crippen molar-refractivity contribution in [3.63, 3.8) is 0 Å². The van der Waals surface area contributed by atoms with Crippen molar-refractivity contribution in [1.82, 2.24) is 0 Å². The van der Waals surface area contributed by atoms with Gasteiger partial charge in [-0.25, -0.2) is 0 Å². The van der Waals surface area contributed by atoms with Crippen LogP contribution in [-0.4, -0.2) is 12.4 Å². The molecule has 2 rings (SSSR count). The molecule has 1 nitrogen and oxygen atoms in total. The zero-order valence-corrected chi connectivity index (χ0v) is 8.40. The number of benzene rings is 1. The quantitative estimate of drug-likeness (QED) is 0.732. The maximum atomic E-state index is 5.61. The fourth-order valence-electron chi connectivity index (χ4n) is 1.87. The number of halogens is 1. The molecule has 1 aromatic rings. The summed E-state index contributed by atoms with van der Waals surface area (Å²) in [5.74, 6) is 0.664. The summed E-state index contributed by atoms with van der Waals surface area (Å²) >= 11 is 5.61. The van der Waals surface area contributed by atoms with E-state index in [1.54, 1.807) is 0 Å². The van der Waals surface area contributed by atoms with Crippen molar-refractivity contribution in [2.24, 2.45) is 0 Å². The van der Waals surface area contributed by atoms with E-state index in [0.29, 0.717) is 5.88 Å². The molecule has 0 aliphatic heterocycles. The number of aryl methyl sites for hydroxylation is 2. The lowest BCUT2D eigenvalue weighted by atomic mass is 10.1. The van der Waals surface area contributed by atoms with Crippen LogP contribution in [0.15, 0.2) is 18.2 Å². The molecule has 0 aromatic heterocycles. The van der Waals surface area contributed by atoms with Gasteiger partial charge in [-0.15, -0.1) is 11.6 Å². The van der Waals surface area contributed by atoms with E-state index in [1.165, 1.54) is 36.1 Å². The number of hydrogen-bond donors (Lipinski definition) is 1. The second-order valence-electron chi connectivity index (χ2n) is 3.45. The molecule has 0 saturated carbocycles. The molecule has 0 heterocycles. The fourth-order valence-corrected chi connectivity index (χ4v) is 1.97. The summed E-state index contributed by atoms with van der Waals surface area (Å²) in [7, 11) is 0. The lowest BCUT2D eigenvalue weighted by Crippen LogP contribution is -2.02. The van der Waals surface area contributed by atoms with Crippen molar-refractivity contribution in [1.29, 1.82) is 0 Å². The minimum Gasteiger partial charge on any atom is -0.384 e. The molecule has 1 N–H and O–H groups in total. The Balaban J connectivity index is 2.12. The molecular formula is C11H14ClN. The first kappa shape index (κ1) is 8.89. The van der Waals surface area contributed by atoms with Crippen LogP contribution < -0.4 is 5.32 Å². The average molecular weight is 196 g/mol. The smallest absolute Gasteiger partial charge is 0.0396 e. The van der Waals surface area contributed by atoms with Crippen LogP contribution in [0.5, 0.6) is 0 Å². The van der Waals surface area contributed by atoms with Gasteiger partial charge in [0.05, 0.1) is 0 Å². The Morgan fingerprint density at radius 2 is 2.08 bits per heavy atom. The number of nitrogens with one attached hydrogen (secondary N) is 1. The maximum absolute atomic E-state index is 5.61. The molecule has 0 fully saturated rings. The van der Waals surface area contributed by atoms with Crippen molar-refractivity contribution in [3.8, 4) is 0 Å². The molecule has 0 radical (unpaired) electrons. The monoisotopic (exact) mass is 195 g/mol. The van der Waals surface area contributed by atoms with E-state index in [1.807, 2.05) is 0 Å². The van der Waals surface area contributed by atoms with Gasteiger partial charge in [-0.05, 0) is 42.5 Å². The van der Waals surface area contributed by atoms with Crippen LogP contribution >= 0.6 is 11.6 Å². The highest BCUT2D eigenvalue weighted by Crippen LogP contribution is 2.24. The molecule has 1 aromatic carbocycles. The number of hydrogen-bond acceptors (Lipinski definition) is 1. The third-order valence-electron chi connectivity index (χ3n) is 2.52. The number of rotatable bonds is 3. The van der Waals surface area contributed by atoms with E-state index in [4.69, 9.17) is 11.6 Å². The highest BCUT2D eigenvalue weighted by Gasteiger charge is 2.09. The highest BCUT2D eigenvalue weighted by molar-refractivity contribution is 6.18. The van der Waals surface area contributed by atoms with Crippen LogP contribution in [-0.2, 0) is 12.8 Å². The normalized spacial score (nSPS) is 14.2. The van der Waals surface area contributed by atoms with E-state index in [2.05, 4.69) is 23.5 Å². The van der Waals surface area contributed by atoms with Gasteiger partial charge in [0.1, 0.15) is 0 Å². The summed E-state index contributed by atoms with van der Waals surface area (Å²) < 4.78 is 0. The Morgan fingerprint density at radius 1 is 1.23 bits per heavy atom. The van der Waals surface area contributed by atoms with Gasteiger partial charge < -0.3 is 5.32 Å². The molecular weight excluding hydrogens is 182 g/mol. The van der Waals surface area contributed by atoms with Crippen molar-refractivity contribution in [2.75, 3.05) is 17.7 Å². The largest absolute Gasteiger partial charge is 0.384 e. The average Bonchev–Trinajstić information content (AvgIpc) is 2.61. The van der Waals surface area contributed by atoms with E-state index < -0.39 is 0 Å². The first-order valence-electron chi connectivity index (χ1n) is 4.82. The first-order valence-corrected chi connectivity index (χ1v) is 5.35. The van der Waals surface area contributed by atoms with Crippen LogP contribution in [0, 0.1) is 0 Å². The summed E-state index contributed by atoms with van der Waals surface area (Å²) in [5.41, 5.74) is 4.25. The minimum atomic E-state index is 0.664. The van der Waals surface area contributed by atoms with Crippen molar-refractivity contribution in [2.45, 2.75) is 19.3 Å². The molecule has 13 heavy (non-hydrogen) atoms. The zero-order chi connectivity index (χ0) is 9.10. The Labute approximate surface area is 84.1 Å². The molecule has 0 unspecified atom stereocenters. The van der Waals surface area contributed by atoms with E-state index in [-0.39, 0.29) is 0 Å². The molecule has 0 amide bonds. The predicted octanol–water partition coefficient (Wildman–Crippen LogP) is 2.83. The number of fused-ring (bicyclic) bond motifs is 1.